The van der Waals surface area contributed by atoms with Gasteiger partial charge in [-0.25, -0.2) is 0 Å². The smallest absolute Gasteiger partial charge is 0.265 e. The van der Waals surface area contributed by atoms with Crippen LogP contribution in [-0.4, -0.2) is 17.9 Å². The zero-order valence-electron chi connectivity index (χ0n) is 17.7. The first-order chi connectivity index (χ1) is 14.8. The van der Waals surface area contributed by atoms with Gasteiger partial charge >= 0.3 is 0 Å². The van der Waals surface area contributed by atoms with Gasteiger partial charge in [-0.15, -0.1) is 0 Å². The van der Waals surface area contributed by atoms with Crippen LogP contribution in [0.3, 0.4) is 0 Å². The minimum absolute atomic E-state index is 0.173. The number of aryl methyl sites for hydroxylation is 1. The number of carbonyl (C=O) groups is 2. The van der Waals surface area contributed by atoms with Gasteiger partial charge in [0.1, 0.15) is 5.75 Å². The topological polar surface area (TPSA) is 67.4 Å². The maximum absolute atomic E-state index is 12.9. The van der Waals surface area contributed by atoms with E-state index in [1.807, 2.05) is 44.2 Å². The Labute approximate surface area is 187 Å². The van der Waals surface area contributed by atoms with Crippen LogP contribution in [0.1, 0.15) is 41.4 Å². The van der Waals surface area contributed by atoms with E-state index in [9.17, 15) is 9.59 Å². The molecule has 31 heavy (non-hydrogen) atoms. The number of para-hydroxylation sites is 1. The van der Waals surface area contributed by atoms with Gasteiger partial charge in [0, 0.05) is 5.02 Å². The first-order valence-electron chi connectivity index (χ1n) is 10.0. The van der Waals surface area contributed by atoms with Crippen LogP contribution in [0, 0.1) is 6.92 Å². The molecule has 0 saturated heterocycles. The van der Waals surface area contributed by atoms with Crippen molar-refractivity contribution in [1.82, 2.24) is 5.32 Å². The van der Waals surface area contributed by atoms with Crippen molar-refractivity contribution >= 4 is 29.1 Å². The van der Waals surface area contributed by atoms with Crippen LogP contribution in [0.2, 0.25) is 5.02 Å². The Bertz CT molecular complexity index is 1070. The molecule has 6 heteroatoms. The molecule has 2 atom stereocenters. The van der Waals surface area contributed by atoms with Gasteiger partial charge < -0.3 is 15.4 Å². The van der Waals surface area contributed by atoms with Crippen LogP contribution in [0.5, 0.6) is 5.75 Å². The van der Waals surface area contributed by atoms with E-state index in [0.717, 1.165) is 11.1 Å². The normalized spacial score (nSPS) is 12.5. The van der Waals surface area contributed by atoms with Crippen molar-refractivity contribution in [3.63, 3.8) is 0 Å². The van der Waals surface area contributed by atoms with E-state index in [1.165, 1.54) is 0 Å². The number of ether oxygens (including phenoxy) is 1. The Balaban J connectivity index is 1.68. The van der Waals surface area contributed by atoms with E-state index >= 15 is 0 Å². The van der Waals surface area contributed by atoms with Crippen LogP contribution in [0.15, 0.2) is 72.8 Å². The maximum atomic E-state index is 12.9. The number of nitrogens with one attached hydrogen (secondary N) is 2. The van der Waals surface area contributed by atoms with Gasteiger partial charge in [-0.2, -0.15) is 0 Å². The molecule has 160 valence electrons. The van der Waals surface area contributed by atoms with Crippen molar-refractivity contribution in [3.8, 4) is 5.75 Å². The van der Waals surface area contributed by atoms with E-state index in [2.05, 4.69) is 10.6 Å². The molecule has 0 heterocycles. The highest BCUT2D eigenvalue weighted by atomic mass is 35.5. The SMILES string of the molecule is Cc1cc(O[C@@H](C)C(=O)Nc2ccccc2C(=O)N[C@@H](C)c2ccccc2)ccc1Cl. The van der Waals surface area contributed by atoms with E-state index < -0.39 is 6.10 Å². The van der Waals surface area contributed by atoms with Crippen LogP contribution < -0.4 is 15.4 Å². The fourth-order valence-electron chi connectivity index (χ4n) is 3.07. The van der Waals surface area contributed by atoms with Crippen LogP contribution in [0.25, 0.3) is 0 Å². The summed E-state index contributed by atoms with van der Waals surface area (Å²) < 4.78 is 5.74. The molecule has 0 aliphatic carbocycles. The van der Waals surface area contributed by atoms with E-state index in [-0.39, 0.29) is 17.9 Å². The Morgan fingerprint density at radius 2 is 1.61 bits per heavy atom. The average Bonchev–Trinajstić information content (AvgIpc) is 2.77. The lowest BCUT2D eigenvalue weighted by atomic mass is 10.1. The summed E-state index contributed by atoms with van der Waals surface area (Å²) >= 11 is 6.04. The second-order valence-electron chi connectivity index (χ2n) is 7.31. The fourth-order valence-corrected chi connectivity index (χ4v) is 3.19. The van der Waals surface area contributed by atoms with Crippen molar-refractivity contribution in [3.05, 3.63) is 94.5 Å². The molecular formula is C25H25ClN2O3. The van der Waals surface area contributed by atoms with Crippen molar-refractivity contribution in [1.29, 1.82) is 0 Å². The predicted molar refractivity (Wildman–Crippen MR) is 124 cm³/mol. The molecule has 0 aromatic heterocycles. The molecule has 0 bridgehead atoms. The van der Waals surface area contributed by atoms with Crippen molar-refractivity contribution in [2.75, 3.05) is 5.32 Å². The lowest BCUT2D eigenvalue weighted by Gasteiger charge is -2.18. The molecule has 0 saturated carbocycles. The number of hydrogen-bond acceptors (Lipinski definition) is 3. The monoisotopic (exact) mass is 436 g/mol. The number of hydrogen-bond donors (Lipinski definition) is 2. The molecule has 0 aliphatic heterocycles. The van der Waals surface area contributed by atoms with Crippen molar-refractivity contribution in [2.24, 2.45) is 0 Å². The number of anilines is 1. The molecule has 3 rings (SSSR count). The van der Waals surface area contributed by atoms with Crippen LogP contribution >= 0.6 is 11.6 Å². The molecule has 2 N–H and O–H groups in total. The zero-order chi connectivity index (χ0) is 22.4. The van der Waals surface area contributed by atoms with Gasteiger partial charge in [-0.3, -0.25) is 9.59 Å². The minimum atomic E-state index is -0.764. The lowest BCUT2D eigenvalue weighted by molar-refractivity contribution is -0.122. The third kappa shape index (κ3) is 5.86. The molecule has 0 fully saturated rings. The number of amides is 2. The Kier molecular flexibility index (Phi) is 7.32. The minimum Gasteiger partial charge on any atom is -0.481 e. The third-order valence-corrected chi connectivity index (χ3v) is 5.31. The summed E-state index contributed by atoms with van der Waals surface area (Å²) in [6, 6.07) is 21.6. The summed E-state index contributed by atoms with van der Waals surface area (Å²) in [4.78, 5) is 25.5. The van der Waals surface area contributed by atoms with Gasteiger partial charge in [-0.1, -0.05) is 54.1 Å². The number of carbonyl (C=O) groups excluding carboxylic acids is 2. The van der Waals surface area contributed by atoms with Gasteiger partial charge in [0.15, 0.2) is 6.10 Å². The summed E-state index contributed by atoms with van der Waals surface area (Å²) in [6.45, 7) is 5.43. The van der Waals surface area contributed by atoms with Gasteiger partial charge in [0.25, 0.3) is 11.8 Å². The van der Waals surface area contributed by atoms with Crippen LogP contribution in [0.4, 0.5) is 5.69 Å². The summed E-state index contributed by atoms with van der Waals surface area (Å²) in [5, 5.41) is 6.41. The average molecular weight is 437 g/mol. The summed E-state index contributed by atoms with van der Waals surface area (Å²) in [5.41, 5.74) is 2.67. The number of rotatable bonds is 7. The van der Waals surface area contributed by atoms with Crippen molar-refractivity contribution in [2.45, 2.75) is 32.9 Å². The van der Waals surface area contributed by atoms with E-state index in [1.54, 1.807) is 49.4 Å². The number of halogens is 1. The summed E-state index contributed by atoms with van der Waals surface area (Å²) in [7, 11) is 0. The predicted octanol–water partition coefficient (Wildman–Crippen LogP) is 5.55. The zero-order valence-corrected chi connectivity index (χ0v) is 18.4. The molecule has 2 amide bonds. The highest BCUT2D eigenvalue weighted by Crippen LogP contribution is 2.23. The standard InChI is InChI=1S/C25H25ClN2O3/c1-16-15-20(13-14-22(16)26)31-18(3)24(29)28-23-12-8-7-11-21(23)25(30)27-17(2)19-9-5-4-6-10-19/h4-15,17-18H,1-3H3,(H,27,30)(H,28,29)/t17-,18-/m0/s1. The quantitative estimate of drug-likeness (QED) is 0.510. The van der Waals surface area contributed by atoms with Crippen LogP contribution in [-0.2, 0) is 4.79 Å². The number of benzene rings is 3. The van der Waals surface area contributed by atoms with Gasteiger partial charge in [0.2, 0.25) is 0 Å². The highest BCUT2D eigenvalue weighted by molar-refractivity contribution is 6.31. The highest BCUT2D eigenvalue weighted by Gasteiger charge is 2.20. The molecule has 0 spiro atoms. The Morgan fingerprint density at radius 3 is 2.32 bits per heavy atom. The molecule has 0 radical (unpaired) electrons. The van der Waals surface area contributed by atoms with Gasteiger partial charge in [0.05, 0.1) is 17.3 Å². The first-order valence-corrected chi connectivity index (χ1v) is 10.4. The van der Waals surface area contributed by atoms with Gasteiger partial charge in [-0.05, 0) is 62.2 Å². The largest absolute Gasteiger partial charge is 0.481 e. The summed E-state index contributed by atoms with van der Waals surface area (Å²) in [5.74, 6) is -0.0784. The Morgan fingerprint density at radius 1 is 0.935 bits per heavy atom. The first kappa shape index (κ1) is 22.4. The third-order valence-electron chi connectivity index (χ3n) is 4.89. The lowest BCUT2D eigenvalue weighted by Crippen LogP contribution is -2.32. The molecule has 0 unspecified atom stereocenters. The molecule has 5 nitrogen and oxygen atoms in total. The fraction of sp³-hybridized carbons (Fsp3) is 0.200. The van der Waals surface area contributed by atoms with E-state index in [0.29, 0.717) is 22.0 Å². The molecule has 3 aromatic rings. The molecular weight excluding hydrogens is 412 g/mol. The molecule has 0 aliphatic rings. The molecule has 3 aromatic carbocycles. The van der Waals surface area contributed by atoms with Crippen molar-refractivity contribution < 1.29 is 14.3 Å². The summed E-state index contributed by atoms with van der Waals surface area (Å²) in [6.07, 6.45) is -0.764. The maximum Gasteiger partial charge on any atom is 0.265 e. The van der Waals surface area contributed by atoms with E-state index in [4.69, 9.17) is 16.3 Å². The second kappa shape index (κ2) is 10.1. The Hall–Kier alpha value is -3.31. The second-order valence-corrected chi connectivity index (χ2v) is 7.72.